The SMILES string of the molecule is O=C(O)NCC(=O)C1CCOCC1. The van der Waals surface area contributed by atoms with E-state index in [0.29, 0.717) is 26.1 Å². The highest BCUT2D eigenvalue weighted by molar-refractivity contribution is 5.85. The van der Waals surface area contributed by atoms with Crippen LogP contribution in [0.5, 0.6) is 0 Å². The van der Waals surface area contributed by atoms with E-state index in [2.05, 4.69) is 5.32 Å². The van der Waals surface area contributed by atoms with Gasteiger partial charge in [-0.25, -0.2) is 4.79 Å². The molecule has 1 aliphatic rings. The number of Topliss-reactive ketones (excluding diaryl/α,β-unsaturated/α-hetero) is 1. The zero-order valence-electron chi connectivity index (χ0n) is 7.28. The summed E-state index contributed by atoms with van der Waals surface area (Å²) in [6, 6.07) is 0. The van der Waals surface area contributed by atoms with Crippen LogP contribution in [-0.4, -0.2) is 36.7 Å². The van der Waals surface area contributed by atoms with Crippen LogP contribution in [0.15, 0.2) is 0 Å². The molecule has 0 bridgehead atoms. The molecule has 5 heteroatoms. The molecule has 1 rings (SSSR count). The monoisotopic (exact) mass is 187 g/mol. The van der Waals surface area contributed by atoms with E-state index in [1.54, 1.807) is 0 Å². The molecule has 0 unspecified atom stereocenters. The summed E-state index contributed by atoms with van der Waals surface area (Å²) in [5, 5.41) is 10.3. The predicted octanol–water partition coefficient (Wildman–Crippen LogP) is 0.250. The highest BCUT2D eigenvalue weighted by atomic mass is 16.5. The van der Waals surface area contributed by atoms with E-state index >= 15 is 0 Å². The van der Waals surface area contributed by atoms with Crippen molar-refractivity contribution in [2.45, 2.75) is 12.8 Å². The summed E-state index contributed by atoms with van der Waals surface area (Å²) in [7, 11) is 0. The lowest BCUT2D eigenvalue weighted by Gasteiger charge is -2.20. The summed E-state index contributed by atoms with van der Waals surface area (Å²) in [6.45, 7) is 1.12. The van der Waals surface area contributed by atoms with Crippen molar-refractivity contribution in [2.75, 3.05) is 19.8 Å². The molecule has 13 heavy (non-hydrogen) atoms. The highest BCUT2D eigenvalue weighted by Gasteiger charge is 2.21. The maximum Gasteiger partial charge on any atom is 0.405 e. The van der Waals surface area contributed by atoms with Gasteiger partial charge in [-0.15, -0.1) is 0 Å². The van der Waals surface area contributed by atoms with Crippen molar-refractivity contribution in [3.05, 3.63) is 0 Å². The van der Waals surface area contributed by atoms with Crippen molar-refractivity contribution in [3.63, 3.8) is 0 Å². The van der Waals surface area contributed by atoms with Crippen molar-refractivity contribution < 1.29 is 19.4 Å². The van der Waals surface area contributed by atoms with Gasteiger partial charge in [0.05, 0.1) is 6.54 Å². The number of carboxylic acid groups (broad SMARTS) is 1. The predicted molar refractivity (Wildman–Crippen MR) is 44.6 cm³/mol. The van der Waals surface area contributed by atoms with Crippen molar-refractivity contribution in [1.82, 2.24) is 5.32 Å². The van der Waals surface area contributed by atoms with Crippen LogP contribution in [0.25, 0.3) is 0 Å². The zero-order chi connectivity index (χ0) is 9.68. The standard InChI is InChI=1S/C8H13NO4/c10-7(5-9-8(11)12)6-1-3-13-4-2-6/h6,9H,1-5H2,(H,11,12). The Kier molecular flexibility index (Phi) is 3.70. The molecular weight excluding hydrogens is 174 g/mol. The third-order valence-corrected chi connectivity index (χ3v) is 2.09. The van der Waals surface area contributed by atoms with Gasteiger partial charge in [0, 0.05) is 19.1 Å². The third-order valence-electron chi connectivity index (χ3n) is 2.09. The van der Waals surface area contributed by atoms with Crippen LogP contribution in [0.3, 0.4) is 0 Å². The molecule has 0 aromatic heterocycles. The van der Waals surface area contributed by atoms with E-state index in [9.17, 15) is 9.59 Å². The number of hydrogen-bond donors (Lipinski definition) is 2. The van der Waals surface area contributed by atoms with Crippen molar-refractivity contribution >= 4 is 11.9 Å². The lowest BCUT2D eigenvalue weighted by Crippen LogP contribution is -2.34. The molecule has 0 saturated carbocycles. The van der Waals surface area contributed by atoms with Crippen LogP contribution in [0.1, 0.15) is 12.8 Å². The first-order valence-electron chi connectivity index (χ1n) is 4.27. The molecule has 0 aromatic carbocycles. The number of amides is 1. The Labute approximate surface area is 76.1 Å². The molecule has 0 aromatic rings. The molecule has 5 nitrogen and oxygen atoms in total. The number of ether oxygens (including phenoxy) is 1. The summed E-state index contributed by atoms with van der Waals surface area (Å²) >= 11 is 0. The van der Waals surface area contributed by atoms with E-state index in [1.165, 1.54) is 0 Å². The summed E-state index contributed by atoms with van der Waals surface area (Å²) < 4.78 is 5.09. The second kappa shape index (κ2) is 4.81. The fourth-order valence-corrected chi connectivity index (χ4v) is 1.33. The van der Waals surface area contributed by atoms with Gasteiger partial charge < -0.3 is 15.2 Å². The van der Waals surface area contributed by atoms with Gasteiger partial charge in [0.2, 0.25) is 0 Å². The van der Waals surface area contributed by atoms with Gasteiger partial charge in [0.25, 0.3) is 0 Å². The van der Waals surface area contributed by atoms with Gasteiger partial charge in [-0.1, -0.05) is 0 Å². The second-order valence-electron chi connectivity index (χ2n) is 3.01. The Hall–Kier alpha value is -1.10. The molecule has 1 heterocycles. The molecule has 0 spiro atoms. The molecule has 1 fully saturated rings. The Morgan fingerprint density at radius 1 is 1.38 bits per heavy atom. The van der Waals surface area contributed by atoms with Gasteiger partial charge >= 0.3 is 6.09 Å². The molecule has 74 valence electrons. The molecular formula is C8H13NO4. The highest BCUT2D eigenvalue weighted by Crippen LogP contribution is 2.14. The van der Waals surface area contributed by atoms with E-state index < -0.39 is 6.09 Å². The number of hydrogen-bond acceptors (Lipinski definition) is 3. The molecule has 1 amide bonds. The largest absolute Gasteiger partial charge is 0.465 e. The van der Waals surface area contributed by atoms with Gasteiger partial charge in [0.1, 0.15) is 0 Å². The van der Waals surface area contributed by atoms with Crippen LogP contribution in [-0.2, 0) is 9.53 Å². The minimum Gasteiger partial charge on any atom is -0.465 e. The normalized spacial score (nSPS) is 18.2. The lowest BCUT2D eigenvalue weighted by atomic mass is 9.95. The van der Waals surface area contributed by atoms with Crippen LogP contribution < -0.4 is 5.32 Å². The van der Waals surface area contributed by atoms with Gasteiger partial charge in [-0.3, -0.25) is 4.79 Å². The number of ketones is 1. The maximum atomic E-state index is 11.3. The third kappa shape index (κ3) is 3.42. The minimum atomic E-state index is -1.15. The molecule has 0 radical (unpaired) electrons. The van der Waals surface area contributed by atoms with E-state index in [1.807, 2.05) is 0 Å². The first-order chi connectivity index (χ1) is 6.20. The first-order valence-corrected chi connectivity index (χ1v) is 4.27. The van der Waals surface area contributed by atoms with Crippen LogP contribution in [0, 0.1) is 5.92 Å². The average molecular weight is 187 g/mol. The van der Waals surface area contributed by atoms with Gasteiger partial charge in [-0.05, 0) is 12.8 Å². The summed E-state index contributed by atoms with van der Waals surface area (Å²) in [4.78, 5) is 21.4. The number of rotatable bonds is 3. The Bertz CT molecular complexity index is 198. The van der Waals surface area contributed by atoms with Crippen molar-refractivity contribution in [3.8, 4) is 0 Å². The fraction of sp³-hybridized carbons (Fsp3) is 0.750. The second-order valence-corrected chi connectivity index (χ2v) is 3.01. The minimum absolute atomic E-state index is 0.0272. The summed E-state index contributed by atoms with van der Waals surface area (Å²) in [5.41, 5.74) is 0. The fourth-order valence-electron chi connectivity index (χ4n) is 1.33. The number of nitrogens with one attached hydrogen (secondary N) is 1. The molecule has 2 N–H and O–H groups in total. The van der Waals surface area contributed by atoms with Crippen LogP contribution in [0.2, 0.25) is 0 Å². The molecule has 1 aliphatic heterocycles. The quantitative estimate of drug-likeness (QED) is 0.664. The van der Waals surface area contributed by atoms with Crippen LogP contribution >= 0.6 is 0 Å². The average Bonchev–Trinajstić information content (AvgIpc) is 2.15. The molecule has 0 aliphatic carbocycles. The van der Waals surface area contributed by atoms with Gasteiger partial charge in [0.15, 0.2) is 5.78 Å². The Balaban J connectivity index is 2.25. The molecule has 1 saturated heterocycles. The smallest absolute Gasteiger partial charge is 0.405 e. The van der Waals surface area contributed by atoms with Crippen molar-refractivity contribution in [1.29, 1.82) is 0 Å². The Morgan fingerprint density at radius 2 is 2.00 bits per heavy atom. The lowest BCUT2D eigenvalue weighted by molar-refractivity contribution is -0.124. The van der Waals surface area contributed by atoms with Crippen molar-refractivity contribution in [2.24, 2.45) is 5.92 Å². The Morgan fingerprint density at radius 3 is 2.54 bits per heavy atom. The summed E-state index contributed by atoms with van der Waals surface area (Å²) in [6.07, 6.45) is 0.265. The van der Waals surface area contributed by atoms with Gasteiger partial charge in [-0.2, -0.15) is 0 Å². The zero-order valence-corrected chi connectivity index (χ0v) is 7.28. The number of carbonyl (C=O) groups is 2. The topological polar surface area (TPSA) is 75.6 Å². The first kappa shape index (κ1) is 9.98. The molecule has 0 atom stereocenters. The van der Waals surface area contributed by atoms with E-state index in [0.717, 1.165) is 0 Å². The van der Waals surface area contributed by atoms with Crippen LogP contribution in [0.4, 0.5) is 4.79 Å². The summed E-state index contributed by atoms with van der Waals surface area (Å²) in [5.74, 6) is -0.0636. The van der Waals surface area contributed by atoms with E-state index in [-0.39, 0.29) is 18.2 Å². The van der Waals surface area contributed by atoms with E-state index in [4.69, 9.17) is 9.84 Å². The number of carbonyl (C=O) groups excluding carboxylic acids is 1. The maximum absolute atomic E-state index is 11.3.